The molecule has 0 fully saturated rings. The van der Waals surface area contributed by atoms with Crippen molar-refractivity contribution in [1.29, 1.82) is 0 Å². The lowest BCUT2D eigenvalue weighted by atomic mass is 9.89. The molecule has 0 saturated carbocycles. The minimum Gasteiger partial charge on any atom is -0.508 e. The SMILES string of the molecule is Nc1cccc(C(Cn2ccnc2)=C(c2ccc(O)cc2)c2ccc(O)cc2)c1. The molecule has 4 N–H and O–H groups in total. The summed E-state index contributed by atoms with van der Waals surface area (Å²) in [6, 6.07) is 22.0. The predicted octanol–water partition coefficient (Wildman–Crippen LogP) is 4.54. The summed E-state index contributed by atoms with van der Waals surface area (Å²) in [5.74, 6) is 0.415. The summed E-state index contributed by atoms with van der Waals surface area (Å²) < 4.78 is 2.00. The van der Waals surface area contributed by atoms with Crippen molar-refractivity contribution in [2.75, 3.05) is 5.73 Å². The van der Waals surface area contributed by atoms with Crippen molar-refractivity contribution in [2.45, 2.75) is 6.54 Å². The lowest BCUT2D eigenvalue weighted by molar-refractivity contribution is 0.475. The Morgan fingerprint density at radius 1 is 0.828 bits per heavy atom. The number of rotatable bonds is 5. The number of aromatic nitrogens is 2. The van der Waals surface area contributed by atoms with Gasteiger partial charge < -0.3 is 20.5 Å². The second-order valence-corrected chi connectivity index (χ2v) is 6.81. The largest absolute Gasteiger partial charge is 0.508 e. The quantitative estimate of drug-likeness (QED) is 0.349. The van der Waals surface area contributed by atoms with Crippen molar-refractivity contribution >= 4 is 16.8 Å². The maximum absolute atomic E-state index is 9.77. The minimum absolute atomic E-state index is 0.207. The van der Waals surface area contributed by atoms with Gasteiger partial charge >= 0.3 is 0 Å². The molecule has 1 heterocycles. The molecule has 4 aromatic rings. The first-order valence-electron chi connectivity index (χ1n) is 9.24. The molecule has 3 aromatic carbocycles. The van der Waals surface area contributed by atoms with Gasteiger partial charge in [0.2, 0.25) is 0 Å². The van der Waals surface area contributed by atoms with Crippen LogP contribution in [0.2, 0.25) is 0 Å². The number of anilines is 1. The van der Waals surface area contributed by atoms with Crippen molar-refractivity contribution in [3.63, 3.8) is 0 Å². The monoisotopic (exact) mass is 383 g/mol. The van der Waals surface area contributed by atoms with Crippen molar-refractivity contribution < 1.29 is 10.2 Å². The van der Waals surface area contributed by atoms with Gasteiger partial charge in [-0.15, -0.1) is 0 Å². The maximum Gasteiger partial charge on any atom is 0.115 e. The zero-order valence-electron chi connectivity index (χ0n) is 15.7. The van der Waals surface area contributed by atoms with E-state index in [0.717, 1.165) is 27.8 Å². The summed E-state index contributed by atoms with van der Waals surface area (Å²) in [6.45, 7) is 0.584. The molecule has 0 unspecified atom stereocenters. The first-order chi connectivity index (χ1) is 14.1. The Morgan fingerprint density at radius 3 is 1.97 bits per heavy atom. The van der Waals surface area contributed by atoms with Gasteiger partial charge in [0.1, 0.15) is 11.5 Å². The van der Waals surface area contributed by atoms with E-state index in [1.165, 1.54) is 0 Å². The molecule has 0 amide bonds. The summed E-state index contributed by atoms with van der Waals surface area (Å²) in [5.41, 5.74) is 11.7. The van der Waals surface area contributed by atoms with E-state index in [-0.39, 0.29) is 11.5 Å². The van der Waals surface area contributed by atoms with Gasteiger partial charge in [0, 0.05) is 24.6 Å². The second kappa shape index (κ2) is 7.94. The van der Waals surface area contributed by atoms with Crippen LogP contribution in [0.3, 0.4) is 0 Å². The van der Waals surface area contributed by atoms with E-state index in [2.05, 4.69) is 4.98 Å². The van der Waals surface area contributed by atoms with Gasteiger partial charge in [-0.3, -0.25) is 0 Å². The maximum atomic E-state index is 9.77. The van der Waals surface area contributed by atoms with Crippen LogP contribution in [-0.2, 0) is 6.54 Å². The molecule has 0 aliphatic rings. The smallest absolute Gasteiger partial charge is 0.115 e. The average molecular weight is 383 g/mol. The Bertz CT molecular complexity index is 1080. The van der Waals surface area contributed by atoms with Gasteiger partial charge in [-0.05, 0) is 64.2 Å². The molecule has 29 heavy (non-hydrogen) atoms. The summed E-state index contributed by atoms with van der Waals surface area (Å²) in [6.07, 6.45) is 5.44. The van der Waals surface area contributed by atoms with Crippen molar-refractivity contribution in [3.05, 3.63) is 108 Å². The minimum atomic E-state index is 0.207. The highest BCUT2D eigenvalue weighted by Gasteiger charge is 2.15. The van der Waals surface area contributed by atoms with E-state index in [1.807, 2.05) is 59.3 Å². The summed E-state index contributed by atoms with van der Waals surface area (Å²) in [5, 5.41) is 19.5. The Labute approximate surface area is 169 Å². The molecule has 5 heteroatoms. The van der Waals surface area contributed by atoms with Crippen molar-refractivity contribution in [1.82, 2.24) is 9.55 Å². The van der Waals surface area contributed by atoms with E-state index in [0.29, 0.717) is 12.2 Å². The third-order valence-corrected chi connectivity index (χ3v) is 4.75. The van der Waals surface area contributed by atoms with E-state index in [1.54, 1.807) is 36.8 Å². The Morgan fingerprint density at radius 2 is 1.45 bits per heavy atom. The molecule has 0 radical (unpaired) electrons. The lowest BCUT2D eigenvalue weighted by Crippen LogP contribution is -2.03. The number of phenols is 2. The van der Waals surface area contributed by atoms with Gasteiger partial charge in [0.05, 0.1) is 6.33 Å². The highest BCUT2D eigenvalue weighted by molar-refractivity contribution is 5.99. The highest BCUT2D eigenvalue weighted by atomic mass is 16.3. The number of nitrogens with zero attached hydrogens (tertiary/aromatic N) is 2. The molecule has 144 valence electrons. The normalized spacial score (nSPS) is 10.6. The van der Waals surface area contributed by atoms with Gasteiger partial charge in [-0.2, -0.15) is 0 Å². The zero-order chi connectivity index (χ0) is 20.2. The summed E-state index contributed by atoms with van der Waals surface area (Å²) >= 11 is 0. The van der Waals surface area contributed by atoms with Crippen LogP contribution in [0.5, 0.6) is 11.5 Å². The van der Waals surface area contributed by atoms with E-state index < -0.39 is 0 Å². The van der Waals surface area contributed by atoms with E-state index in [4.69, 9.17) is 5.73 Å². The molecule has 0 spiro atoms. The van der Waals surface area contributed by atoms with Crippen LogP contribution >= 0.6 is 0 Å². The molecule has 0 aliphatic heterocycles. The number of phenolic OH excluding ortho intramolecular Hbond substituents is 2. The summed E-state index contributed by atoms with van der Waals surface area (Å²) in [7, 11) is 0. The number of aromatic hydroxyl groups is 2. The lowest BCUT2D eigenvalue weighted by Gasteiger charge is -2.18. The van der Waals surface area contributed by atoms with Crippen molar-refractivity contribution in [2.24, 2.45) is 0 Å². The Hall–Kier alpha value is -3.99. The number of hydrogen-bond acceptors (Lipinski definition) is 4. The Kier molecular flexibility index (Phi) is 5.03. The van der Waals surface area contributed by atoms with Gasteiger partial charge in [0.25, 0.3) is 0 Å². The van der Waals surface area contributed by atoms with Crippen LogP contribution < -0.4 is 5.73 Å². The fraction of sp³-hybridized carbons (Fsp3) is 0.0417. The zero-order valence-corrected chi connectivity index (χ0v) is 15.7. The van der Waals surface area contributed by atoms with Gasteiger partial charge in [-0.25, -0.2) is 4.98 Å². The van der Waals surface area contributed by atoms with Gasteiger partial charge in [-0.1, -0.05) is 36.4 Å². The Balaban J connectivity index is 2.00. The fourth-order valence-electron chi connectivity index (χ4n) is 3.38. The average Bonchev–Trinajstić information content (AvgIpc) is 3.23. The molecule has 5 nitrogen and oxygen atoms in total. The molecular weight excluding hydrogens is 362 g/mol. The number of benzene rings is 3. The summed E-state index contributed by atoms with van der Waals surface area (Å²) in [4.78, 5) is 4.16. The fourth-order valence-corrected chi connectivity index (χ4v) is 3.38. The van der Waals surface area contributed by atoms with Crippen LogP contribution in [0.15, 0.2) is 91.5 Å². The highest BCUT2D eigenvalue weighted by Crippen LogP contribution is 2.35. The van der Waals surface area contributed by atoms with Crippen LogP contribution in [0.25, 0.3) is 11.1 Å². The van der Waals surface area contributed by atoms with Crippen LogP contribution in [-0.4, -0.2) is 19.8 Å². The molecule has 0 saturated heterocycles. The number of allylic oxidation sites excluding steroid dienone is 1. The van der Waals surface area contributed by atoms with Crippen LogP contribution in [0.1, 0.15) is 16.7 Å². The molecule has 4 rings (SSSR count). The molecule has 0 aliphatic carbocycles. The molecule has 0 atom stereocenters. The third kappa shape index (κ3) is 4.14. The topological polar surface area (TPSA) is 84.3 Å². The number of nitrogens with two attached hydrogens (primary N) is 1. The van der Waals surface area contributed by atoms with Crippen LogP contribution in [0, 0.1) is 0 Å². The second-order valence-electron chi connectivity index (χ2n) is 6.81. The number of nitrogen functional groups attached to an aromatic ring is 1. The first kappa shape index (κ1) is 18.4. The van der Waals surface area contributed by atoms with Crippen molar-refractivity contribution in [3.8, 4) is 11.5 Å². The van der Waals surface area contributed by atoms with Gasteiger partial charge in [0.15, 0.2) is 0 Å². The predicted molar refractivity (Wildman–Crippen MR) is 115 cm³/mol. The number of imidazole rings is 1. The molecular formula is C24H21N3O2. The van der Waals surface area contributed by atoms with E-state index in [9.17, 15) is 10.2 Å². The third-order valence-electron chi connectivity index (χ3n) is 4.75. The molecule has 0 bridgehead atoms. The van der Waals surface area contributed by atoms with Crippen LogP contribution in [0.4, 0.5) is 5.69 Å². The number of hydrogen-bond donors (Lipinski definition) is 3. The first-order valence-corrected chi connectivity index (χ1v) is 9.24. The standard InChI is InChI=1S/C24H21N3O2/c25-20-3-1-2-19(14-20)23(15-27-13-12-26-16-27)24(17-4-8-21(28)9-5-17)18-6-10-22(29)11-7-18/h1-14,16,28-29H,15,25H2. The van der Waals surface area contributed by atoms with E-state index >= 15 is 0 Å². The molecule has 1 aromatic heterocycles.